The van der Waals surface area contributed by atoms with Gasteiger partial charge in [0.25, 0.3) is 0 Å². The number of nitrogens with two attached hydrogens (primary N) is 1. The van der Waals surface area contributed by atoms with Crippen LogP contribution in [0.15, 0.2) is 42.7 Å². The summed E-state index contributed by atoms with van der Waals surface area (Å²) >= 11 is 0. The molecule has 0 aliphatic heterocycles. The quantitative estimate of drug-likeness (QED) is 0.702. The third-order valence-corrected chi connectivity index (χ3v) is 2.75. The lowest BCUT2D eigenvalue weighted by atomic mass is 10.3. The first kappa shape index (κ1) is 12.2. The largest absolute Gasteiger partial charge is 0.396 e. The lowest BCUT2D eigenvalue weighted by Gasteiger charge is -2.06. The van der Waals surface area contributed by atoms with Crippen molar-refractivity contribution in [3.05, 3.63) is 42.7 Å². The topological polar surface area (TPSA) is 99.5 Å². The SMILES string of the molecule is Nc1cnn(CCNc2nnnn2-c2ccccc2)c1. The van der Waals surface area contributed by atoms with Gasteiger partial charge in [0.2, 0.25) is 5.95 Å². The van der Waals surface area contributed by atoms with Crippen LogP contribution >= 0.6 is 0 Å². The van der Waals surface area contributed by atoms with E-state index in [0.29, 0.717) is 24.7 Å². The highest BCUT2D eigenvalue weighted by molar-refractivity contribution is 5.38. The minimum atomic E-state index is 0.594. The van der Waals surface area contributed by atoms with Crippen LogP contribution in [0.1, 0.15) is 0 Å². The first-order valence-corrected chi connectivity index (χ1v) is 6.18. The Morgan fingerprint density at radius 3 is 2.80 bits per heavy atom. The van der Waals surface area contributed by atoms with Crippen LogP contribution in [0.2, 0.25) is 0 Å². The molecule has 0 saturated heterocycles. The highest BCUT2D eigenvalue weighted by Crippen LogP contribution is 2.10. The standard InChI is InChI=1S/C12H14N8/c13-10-8-15-19(9-10)7-6-14-12-16-17-18-20(12)11-4-2-1-3-5-11/h1-5,8-9H,6-7,13H2,(H,14,16,18). The molecular weight excluding hydrogens is 256 g/mol. The molecule has 2 heterocycles. The van der Waals surface area contributed by atoms with E-state index in [0.717, 1.165) is 5.69 Å². The predicted molar refractivity (Wildman–Crippen MR) is 74.3 cm³/mol. The van der Waals surface area contributed by atoms with Gasteiger partial charge in [0, 0.05) is 12.7 Å². The molecule has 0 atom stereocenters. The van der Waals surface area contributed by atoms with E-state index in [1.165, 1.54) is 0 Å². The van der Waals surface area contributed by atoms with E-state index in [-0.39, 0.29) is 0 Å². The second kappa shape index (κ2) is 5.39. The molecule has 0 saturated carbocycles. The molecule has 2 aromatic heterocycles. The second-order valence-corrected chi connectivity index (χ2v) is 4.21. The average Bonchev–Trinajstić information content (AvgIpc) is 3.09. The summed E-state index contributed by atoms with van der Waals surface area (Å²) in [4.78, 5) is 0. The number of tetrazole rings is 1. The van der Waals surface area contributed by atoms with E-state index in [2.05, 4.69) is 25.9 Å². The third kappa shape index (κ3) is 2.58. The number of rotatable bonds is 5. The van der Waals surface area contributed by atoms with Crippen molar-refractivity contribution in [3.8, 4) is 5.69 Å². The molecular formula is C12H14N8. The van der Waals surface area contributed by atoms with Crippen molar-refractivity contribution in [2.24, 2.45) is 0 Å². The maximum absolute atomic E-state index is 5.60. The fourth-order valence-corrected chi connectivity index (χ4v) is 1.82. The van der Waals surface area contributed by atoms with Gasteiger partial charge >= 0.3 is 0 Å². The van der Waals surface area contributed by atoms with E-state index in [1.807, 2.05) is 30.3 Å². The monoisotopic (exact) mass is 270 g/mol. The summed E-state index contributed by atoms with van der Waals surface area (Å²) in [5.41, 5.74) is 7.16. The number of benzene rings is 1. The van der Waals surface area contributed by atoms with Gasteiger partial charge in [0.15, 0.2) is 0 Å². The summed E-state index contributed by atoms with van der Waals surface area (Å²) in [6.45, 7) is 1.33. The lowest BCUT2D eigenvalue weighted by molar-refractivity contribution is 0.635. The Balaban J connectivity index is 1.65. The molecule has 0 spiro atoms. The number of hydrogen-bond acceptors (Lipinski definition) is 6. The van der Waals surface area contributed by atoms with Crippen molar-refractivity contribution in [3.63, 3.8) is 0 Å². The second-order valence-electron chi connectivity index (χ2n) is 4.21. The molecule has 8 nitrogen and oxygen atoms in total. The Bertz CT molecular complexity index is 672. The van der Waals surface area contributed by atoms with Crippen molar-refractivity contribution in [2.45, 2.75) is 6.54 Å². The number of nitrogens with zero attached hydrogens (tertiary/aromatic N) is 6. The normalized spacial score (nSPS) is 10.6. The summed E-state index contributed by atoms with van der Waals surface area (Å²) in [6.07, 6.45) is 3.40. The van der Waals surface area contributed by atoms with Gasteiger partial charge in [0.05, 0.1) is 24.1 Å². The molecule has 0 fully saturated rings. The van der Waals surface area contributed by atoms with Crippen LogP contribution in [0.4, 0.5) is 11.6 Å². The third-order valence-electron chi connectivity index (χ3n) is 2.75. The van der Waals surface area contributed by atoms with Gasteiger partial charge in [0.1, 0.15) is 0 Å². The molecule has 20 heavy (non-hydrogen) atoms. The Hall–Kier alpha value is -2.90. The molecule has 0 bridgehead atoms. The van der Waals surface area contributed by atoms with Crippen LogP contribution in [-0.4, -0.2) is 36.5 Å². The number of aromatic nitrogens is 6. The van der Waals surface area contributed by atoms with Gasteiger partial charge < -0.3 is 11.1 Å². The highest BCUT2D eigenvalue weighted by atomic mass is 15.6. The molecule has 0 radical (unpaired) electrons. The maximum atomic E-state index is 5.60. The Morgan fingerprint density at radius 1 is 1.20 bits per heavy atom. The molecule has 3 N–H and O–H groups in total. The molecule has 0 aliphatic rings. The maximum Gasteiger partial charge on any atom is 0.247 e. The van der Waals surface area contributed by atoms with Crippen LogP contribution in [0.3, 0.4) is 0 Å². The van der Waals surface area contributed by atoms with Crippen molar-refractivity contribution in [1.29, 1.82) is 0 Å². The zero-order valence-electron chi connectivity index (χ0n) is 10.7. The number of nitrogens with one attached hydrogen (secondary N) is 1. The molecule has 0 aliphatic carbocycles. The predicted octanol–water partition coefficient (Wildman–Crippen LogP) is 0.553. The minimum Gasteiger partial charge on any atom is -0.396 e. The number of anilines is 2. The van der Waals surface area contributed by atoms with Gasteiger partial charge in [-0.05, 0) is 22.6 Å². The van der Waals surface area contributed by atoms with Crippen molar-refractivity contribution in [1.82, 2.24) is 30.0 Å². The Morgan fingerprint density at radius 2 is 2.05 bits per heavy atom. The highest BCUT2D eigenvalue weighted by Gasteiger charge is 2.06. The van der Waals surface area contributed by atoms with Crippen molar-refractivity contribution < 1.29 is 0 Å². The summed E-state index contributed by atoms with van der Waals surface area (Å²) < 4.78 is 3.41. The van der Waals surface area contributed by atoms with E-state index in [9.17, 15) is 0 Å². The molecule has 102 valence electrons. The van der Waals surface area contributed by atoms with Gasteiger partial charge in [-0.2, -0.15) is 9.78 Å². The molecule has 1 aromatic carbocycles. The van der Waals surface area contributed by atoms with Gasteiger partial charge in [-0.3, -0.25) is 4.68 Å². The first-order chi connectivity index (χ1) is 9.83. The summed E-state index contributed by atoms with van der Waals surface area (Å²) in [5.74, 6) is 0.594. The Kier molecular flexibility index (Phi) is 3.27. The number of nitrogen functional groups attached to an aromatic ring is 1. The van der Waals surface area contributed by atoms with Crippen molar-refractivity contribution >= 4 is 11.6 Å². The minimum absolute atomic E-state index is 0.594. The first-order valence-electron chi connectivity index (χ1n) is 6.18. The Labute approximate surface area is 115 Å². The van der Waals surface area contributed by atoms with Crippen LogP contribution in [0.5, 0.6) is 0 Å². The van der Waals surface area contributed by atoms with E-state index in [4.69, 9.17) is 5.73 Å². The molecule has 3 aromatic rings. The van der Waals surface area contributed by atoms with Crippen LogP contribution in [0.25, 0.3) is 5.69 Å². The fraction of sp³-hybridized carbons (Fsp3) is 0.167. The molecule has 8 heteroatoms. The van der Waals surface area contributed by atoms with Crippen LogP contribution < -0.4 is 11.1 Å². The van der Waals surface area contributed by atoms with Crippen molar-refractivity contribution in [2.75, 3.05) is 17.6 Å². The van der Waals surface area contributed by atoms with Gasteiger partial charge in [-0.25, -0.2) is 0 Å². The number of hydrogen-bond donors (Lipinski definition) is 2. The van der Waals surface area contributed by atoms with Gasteiger partial charge in [-0.1, -0.05) is 23.3 Å². The smallest absolute Gasteiger partial charge is 0.247 e. The number of para-hydroxylation sites is 1. The zero-order valence-corrected chi connectivity index (χ0v) is 10.7. The summed E-state index contributed by atoms with van der Waals surface area (Å²) in [6, 6.07) is 9.70. The van der Waals surface area contributed by atoms with Gasteiger partial charge in [-0.15, -0.1) is 0 Å². The summed E-state index contributed by atoms with van der Waals surface area (Å²) in [7, 11) is 0. The molecule has 3 rings (SSSR count). The van der Waals surface area contributed by atoms with E-state index >= 15 is 0 Å². The molecule has 0 unspecified atom stereocenters. The van der Waals surface area contributed by atoms with E-state index < -0.39 is 0 Å². The average molecular weight is 270 g/mol. The fourth-order valence-electron chi connectivity index (χ4n) is 1.82. The lowest BCUT2D eigenvalue weighted by Crippen LogP contribution is -2.14. The van der Waals surface area contributed by atoms with Crippen LogP contribution in [-0.2, 0) is 6.54 Å². The van der Waals surface area contributed by atoms with Crippen LogP contribution in [0, 0.1) is 0 Å². The molecule has 0 amide bonds. The zero-order chi connectivity index (χ0) is 13.8. The summed E-state index contributed by atoms with van der Waals surface area (Å²) in [5, 5.41) is 18.9. The van der Waals surface area contributed by atoms with E-state index in [1.54, 1.807) is 21.8 Å².